The third-order valence-electron chi connectivity index (χ3n) is 5.91. The standard InChI is InChI=1S/C22H18N4O2/c1-14(27)26-12-10-16-15-6-2-4-8-18(15)24-20(16)22(26)17-7-3-5-9-19(17)25(13-11-23)21(22)28/h2-9,24H,10,12-13H2,1H3. The Kier molecular flexibility index (Phi) is 3.37. The molecule has 6 heteroatoms. The van der Waals surface area contributed by atoms with Crippen molar-refractivity contribution in [3.63, 3.8) is 0 Å². The van der Waals surface area contributed by atoms with Gasteiger partial charge in [0.05, 0.1) is 17.5 Å². The summed E-state index contributed by atoms with van der Waals surface area (Å²) in [5.74, 6) is -0.413. The number of rotatable bonds is 1. The third kappa shape index (κ3) is 1.86. The lowest BCUT2D eigenvalue weighted by atomic mass is 9.80. The Hall–Kier alpha value is -3.59. The topological polar surface area (TPSA) is 80.2 Å². The summed E-state index contributed by atoms with van der Waals surface area (Å²) in [7, 11) is 0. The molecule has 6 nitrogen and oxygen atoms in total. The summed E-state index contributed by atoms with van der Waals surface area (Å²) in [5, 5.41) is 10.4. The number of nitrogens with one attached hydrogen (secondary N) is 1. The van der Waals surface area contributed by atoms with Crippen LogP contribution in [0.4, 0.5) is 5.69 Å². The molecule has 0 radical (unpaired) electrons. The van der Waals surface area contributed by atoms with Gasteiger partial charge in [-0.2, -0.15) is 5.26 Å². The SMILES string of the molecule is CC(=O)N1CCc2c([nH]c3ccccc23)C12C(=O)N(CC#N)c1ccccc12. The predicted octanol–water partition coefficient (Wildman–Crippen LogP) is 2.69. The van der Waals surface area contributed by atoms with E-state index >= 15 is 0 Å². The van der Waals surface area contributed by atoms with Crippen molar-refractivity contribution in [1.82, 2.24) is 9.88 Å². The molecular formula is C22H18N4O2. The summed E-state index contributed by atoms with van der Waals surface area (Å²) in [5.41, 5.74) is 2.93. The summed E-state index contributed by atoms with van der Waals surface area (Å²) >= 11 is 0. The molecule has 138 valence electrons. The molecule has 1 N–H and O–H groups in total. The summed E-state index contributed by atoms with van der Waals surface area (Å²) < 4.78 is 0. The number of nitriles is 1. The Morgan fingerprint density at radius 2 is 1.96 bits per heavy atom. The molecule has 2 aliphatic rings. The molecule has 0 saturated carbocycles. The van der Waals surface area contributed by atoms with E-state index < -0.39 is 5.54 Å². The van der Waals surface area contributed by atoms with Crippen LogP contribution in [-0.4, -0.2) is 34.8 Å². The zero-order valence-corrected chi connectivity index (χ0v) is 15.4. The van der Waals surface area contributed by atoms with Crippen LogP contribution in [0.1, 0.15) is 23.7 Å². The van der Waals surface area contributed by atoms with E-state index in [2.05, 4.69) is 11.1 Å². The number of amides is 2. The first-order valence-electron chi connectivity index (χ1n) is 9.27. The number of aromatic amines is 1. The van der Waals surface area contributed by atoms with Crippen molar-refractivity contribution in [3.05, 3.63) is 65.4 Å². The van der Waals surface area contributed by atoms with E-state index in [-0.39, 0.29) is 18.4 Å². The number of carbonyl (C=O) groups is 2. The van der Waals surface area contributed by atoms with Crippen molar-refractivity contribution in [3.8, 4) is 6.07 Å². The van der Waals surface area contributed by atoms with Gasteiger partial charge in [-0.1, -0.05) is 36.4 Å². The summed E-state index contributed by atoms with van der Waals surface area (Å²) in [6, 6.07) is 17.5. The smallest absolute Gasteiger partial charge is 0.264 e. The number of hydrogen-bond donors (Lipinski definition) is 1. The minimum Gasteiger partial charge on any atom is -0.355 e. The molecule has 0 saturated heterocycles. The van der Waals surface area contributed by atoms with Gasteiger partial charge in [0.25, 0.3) is 5.91 Å². The van der Waals surface area contributed by atoms with Gasteiger partial charge < -0.3 is 9.88 Å². The van der Waals surface area contributed by atoms with Crippen molar-refractivity contribution in [2.45, 2.75) is 18.9 Å². The molecule has 2 aromatic carbocycles. The lowest BCUT2D eigenvalue weighted by Crippen LogP contribution is -2.58. The van der Waals surface area contributed by atoms with Crippen LogP contribution in [-0.2, 0) is 21.5 Å². The molecule has 0 aliphatic carbocycles. The Bertz CT molecular complexity index is 1190. The van der Waals surface area contributed by atoms with Crippen LogP contribution < -0.4 is 4.90 Å². The maximum absolute atomic E-state index is 13.8. The summed E-state index contributed by atoms with van der Waals surface area (Å²) in [6.07, 6.45) is 0.675. The van der Waals surface area contributed by atoms with Crippen LogP contribution in [0.25, 0.3) is 10.9 Å². The van der Waals surface area contributed by atoms with Gasteiger partial charge in [0, 0.05) is 29.9 Å². The van der Waals surface area contributed by atoms with Gasteiger partial charge >= 0.3 is 0 Å². The van der Waals surface area contributed by atoms with Gasteiger partial charge in [-0.3, -0.25) is 14.5 Å². The summed E-state index contributed by atoms with van der Waals surface area (Å²) in [6.45, 7) is 1.89. The minimum atomic E-state index is -1.26. The van der Waals surface area contributed by atoms with E-state index in [1.807, 2.05) is 48.5 Å². The van der Waals surface area contributed by atoms with E-state index in [1.54, 1.807) is 4.90 Å². The first kappa shape index (κ1) is 16.6. The summed E-state index contributed by atoms with van der Waals surface area (Å²) in [4.78, 5) is 33.1. The van der Waals surface area contributed by atoms with Crippen LogP contribution in [0.3, 0.4) is 0 Å². The van der Waals surface area contributed by atoms with E-state index in [9.17, 15) is 14.9 Å². The Labute approximate surface area is 162 Å². The maximum Gasteiger partial charge on any atom is 0.264 e. The molecule has 2 aliphatic heterocycles. The lowest BCUT2D eigenvalue weighted by molar-refractivity contribution is -0.143. The number of carbonyl (C=O) groups excluding carboxylic acids is 2. The molecule has 1 unspecified atom stereocenters. The number of para-hydroxylation sites is 2. The molecular weight excluding hydrogens is 352 g/mol. The predicted molar refractivity (Wildman–Crippen MR) is 105 cm³/mol. The highest BCUT2D eigenvalue weighted by Gasteiger charge is 2.60. The highest BCUT2D eigenvalue weighted by atomic mass is 16.2. The van der Waals surface area contributed by atoms with Crippen LogP contribution in [0.15, 0.2) is 48.5 Å². The van der Waals surface area contributed by atoms with Crippen molar-refractivity contribution in [2.75, 3.05) is 18.0 Å². The average Bonchev–Trinajstić information content (AvgIpc) is 3.19. The molecule has 1 spiro atoms. The van der Waals surface area contributed by atoms with E-state index in [0.29, 0.717) is 18.7 Å². The lowest BCUT2D eigenvalue weighted by Gasteiger charge is -2.43. The number of fused-ring (bicyclic) bond motifs is 6. The number of nitrogens with zero attached hydrogens (tertiary/aromatic N) is 3. The van der Waals surface area contributed by atoms with Gasteiger partial charge in [-0.15, -0.1) is 0 Å². The second kappa shape index (κ2) is 5.70. The Balaban J connectivity index is 1.90. The van der Waals surface area contributed by atoms with Gasteiger partial charge in [0.15, 0.2) is 5.54 Å². The molecule has 1 aromatic heterocycles. The fourth-order valence-electron chi connectivity index (χ4n) is 4.85. The normalized spacial score (nSPS) is 20.4. The first-order chi connectivity index (χ1) is 13.6. The molecule has 5 rings (SSSR count). The van der Waals surface area contributed by atoms with Gasteiger partial charge in [0.1, 0.15) is 6.54 Å². The van der Waals surface area contributed by atoms with Crippen LogP contribution >= 0.6 is 0 Å². The van der Waals surface area contributed by atoms with Crippen LogP contribution in [0, 0.1) is 11.3 Å². The molecule has 1 atom stereocenters. The zero-order chi connectivity index (χ0) is 19.5. The zero-order valence-electron chi connectivity index (χ0n) is 15.4. The number of anilines is 1. The molecule has 28 heavy (non-hydrogen) atoms. The fraction of sp³-hybridized carbons (Fsp3) is 0.227. The number of H-pyrrole nitrogens is 1. The molecule has 3 aromatic rings. The van der Waals surface area contributed by atoms with E-state index in [4.69, 9.17) is 0 Å². The third-order valence-corrected chi connectivity index (χ3v) is 5.91. The molecule has 2 amide bonds. The van der Waals surface area contributed by atoms with Gasteiger partial charge in [0.2, 0.25) is 5.91 Å². The molecule has 0 bridgehead atoms. The first-order valence-corrected chi connectivity index (χ1v) is 9.27. The van der Waals surface area contributed by atoms with Crippen molar-refractivity contribution >= 4 is 28.4 Å². The van der Waals surface area contributed by atoms with Gasteiger partial charge in [-0.25, -0.2) is 0 Å². The highest BCUT2D eigenvalue weighted by Crippen LogP contribution is 2.51. The monoisotopic (exact) mass is 370 g/mol. The molecule has 3 heterocycles. The second-order valence-corrected chi connectivity index (χ2v) is 7.22. The number of aromatic nitrogens is 1. The van der Waals surface area contributed by atoms with E-state index in [1.165, 1.54) is 11.8 Å². The van der Waals surface area contributed by atoms with Crippen molar-refractivity contribution in [2.24, 2.45) is 0 Å². The second-order valence-electron chi connectivity index (χ2n) is 7.22. The van der Waals surface area contributed by atoms with Crippen LogP contribution in [0.5, 0.6) is 0 Å². The molecule has 0 fully saturated rings. The average molecular weight is 370 g/mol. The number of benzene rings is 2. The minimum absolute atomic E-state index is 0.0566. The van der Waals surface area contributed by atoms with Crippen LogP contribution in [0.2, 0.25) is 0 Å². The highest BCUT2D eigenvalue weighted by molar-refractivity contribution is 6.12. The maximum atomic E-state index is 13.8. The Morgan fingerprint density at radius 1 is 1.21 bits per heavy atom. The largest absolute Gasteiger partial charge is 0.355 e. The van der Waals surface area contributed by atoms with Crippen molar-refractivity contribution in [1.29, 1.82) is 5.26 Å². The van der Waals surface area contributed by atoms with E-state index in [0.717, 1.165) is 27.7 Å². The van der Waals surface area contributed by atoms with Crippen molar-refractivity contribution < 1.29 is 9.59 Å². The number of hydrogen-bond acceptors (Lipinski definition) is 3. The van der Waals surface area contributed by atoms with Gasteiger partial charge in [-0.05, 0) is 24.1 Å². The fourth-order valence-corrected chi connectivity index (χ4v) is 4.85. The Morgan fingerprint density at radius 3 is 2.75 bits per heavy atom. The quantitative estimate of drug-likeness (QED) is 0.669.